The molecule has 1 fully saturated rings. The first-order chi connectivity index (χ1) is 14.5. The summed E-state index contributed by atoms with van der Waals surface area (Å²) in [7, 11) is 0. The van der Waals surface area contributed by atoms with Crippen molar-refractivity contribution in [1.82, 2.24) is 4.90 Å². The van der Waals surface area contributed by atoms with E-state index >= 15 is 0 Å². The van der Waals surface area contributed by atoms with Gasteiger partial charge in [-0.15, -0.1) is 0 Å². The van der Waals surface area contributed by atoms with E-state index in [-0.39, 0.29) is 12.1 Å². The van der Waals surface area contributed by atoms with E-state index in [9.17, 15) is 26.3 Å². The number of hydrogen-bond acceptors (Lipinski definition) is 1. The molecule has 1 aliphatic rings. The smallest absolute Gasteiger partial charge is 0.289 e. The van der Waals surface area contributed by atoms with E-state index in [4.69, 9.17) is 0 Å². The highest BCUT2D eigenvalue weighted by Crippen LogP contribution is 2.42. The Labute approximate surface area is 179 Å². The molecule has 0 aromatic heterocycles. The summed E-state index contributed by atoms with van der Waals surface area (Å²) in [6.45, 7) is 4.90. The topological polar surface area (TPSA) is 3.24 Å². The van der Waals surface area contributed by atoms with Gasteiger partial charge in [-0.05, 0) is 67.1 Å². The van der Waals surface area contributed by atoms with E-state index < -0.39 is 23.5 Å². The molecule has 31 heavy (non-hydrogen) atoms. The van der Waals surface area contributed by atoms with Gasteiger partial charge >= 0.3 is 12.4 Å². The minimum atomic E-state index is -4.39. The molecule has 1 saturated heterocycles. The number of piperidine rings is 1. The van der Waals surface area contributed by atoms with Crippen molar-refractivity contribution in [3.8, 4) is 0 Å². The number of halogens is 6. The molecule has 1 heterocycles. The summed E-state index contributed by atoms with van der Waals surface area (Å²) < 4.78 is 77.9. The summed E-state index contributed by atoms with van der Waals surface area (Å²) in [5, 5.41) is 0. The summed E-state index contributed by atoms with van der Waals surface area (Å²) in [6, 6.07) is 10.4. The van der Waals surface area contributed by atoms with Gasteiger partial charge in [0.25, 0.3) is 0 Å². The quantitative estimate of drug-likeness (QED) is 0.423. The van der Waals surface area contributed by atoms with Crippen LogP contribution >= 0.6 is 0 Å². The molecular formula is C24H27F6N. The Bertz CT molecular complexity index is 779. The SMILES string of the molecule is CCCC(c1ccc(C(F)(F)F)cc1)N1CC[C@H](C)C[C@@H]1c1ccc(C(F)(F)F)cc1. The van der Waals surface area contributed by atoms with Gasteiger partial charge in [-0.25, -0.2) is 0 Å². The maximum absolute atomic E-state index is 13.0. The zero-order valence-corrected chi connectivity index (χ0v) is 17.6. The molecule has 0 aliphatic carbocycles. The lowest BCUT2D eigenvalue weighted by Gasteiger charge is -2.44. The molecule has 2 aromatic rings. The van der Waals surface area contributed by atoms with Crippen LogP contribution in [0.4, 0.5) is 26.3 Å². The van der Waals surface area contributed by atoms with Crippen molar-refractivity contribution in [1.29, 1.82) is 0 Å². The van der Waals surface area contributed by atoms with E-state index in [1.807, 2.05) is 6.92 Å². The van der Waals surface area contributed by atoms with Crippen LogP contribution in [0.2, 0.25) is 0 Å². The first kappa shape index (κ1) is 23.6. The van der Waals surface area contributed by atoms with Gasteiger partial charge in [-0.3, -0.25) is 4.90 Å². The average Bonchev–Trinajstić information content (AvgIpc) is 2.71. The van der Waals surface area contributed by atoms with Crippen LogP contribution in [0.1, 0.15) is 73.9 Å². The minimum Gasteiger partial charge on any atom is -0.289 e. The van der Waals surface area contributed by atoms with Crippen LogP contribution in [-0.2, 0) is 12.4 Å². The van der Waals surface area contributed by atoms with Gasteiger partial charge in [-0.1, -0.05) is 44.5 Å². The maximum atomic E-state index is 13.0. The van der Waals surface area contributed by atoms with Crippen molar-refractivity contribution in [2.24, 2.45) is 5.92 Å². The zero-order chi connectivity index (χ0) is 22.8. The average molecular weight is 443 g/mol. The Kier molecular flexibility index (Phi) is 7.04. The molecule has 3 atom stereocenters. The van der Waals surface area contributed by atoms with E-state index in [2.05, 4.69) is 11.8 Å². The summed E-state index contributed by atoms with van der Waals surface area (Å²) in [6.07, 6.45) is -5.43. The third-order valence-corrected chi connectivity index (χ3v) is 6.11. The Morgan fingerprint density at radius 2 is 1.39 bits per heavy atom. The molecular weight excluding hydrogens is 416 g/mol. The largest absolute Gasteiger partial charge is 0.416 e. The second-order valence-corrected chi connectivity index (χ2v) is 8.43. The predicted octanol–water partition coefficient (Wildman–Crippen LogP) is 8.04. The van der Waals surface area contributed by atoms with Gasteiger partial charge < -0.3 is 0 Å². The second-order valence-electron chi connectivity index (χ2n) is 8.43. The van der Waals surface area contributed by atoms with Gasteiger partial charge in [0.2, 0.25) is 0 Å². The molecule has 3 rings (SSSR count). The fourth-order valence-corrected chi connectivity index (χ4v) is 4.45. The summed E-state index contributed by atoms with van der Waals surface area (Å²) in [5.41, 5.74) is 0.256. The molecule has 1 unspecified atom stereocenters. The van der Waals surface area contributed by atoms with Crippen LogP contribution in [0.3, 0.4) is 0 Å². The van der Waals surface area contributed by atoms with Gasteiger partial charge in [0.15, 0.2) is 0 Å². The first-order valence-corrected chi connectivity index (χ1v) is 10.6. The maximum Gasteiger partial charge on any atom is 0.416 e. The van der Waals surface area contributed by atoms with Gasteiger partial charge in [0, 0.05) is 12.1 Å². The summed E-state index contributed by atoms with van der Waals surface area (Å²) in [4.78, 5) is 2.26. The van der Waals surface area contributed by atoms with Gasteiger partial charge in [0.05, 0.1) is 11.1 Å². The van der Waals surface area contributed by atoms with Gasteiger partial charge in [-0.2, -0.15) is 26.3 Å². The van der Waals surface area contributed by atoms with Crippen molar-refractivity contribution in [3.05, 3.63) is 70.8 Å². The number of rotatable bonds is 5. The molecule has 0 spiro atoms. The van der Waals surface area contributed by atoms with E-state index in [0.29, 0.717) is 5.92 Å². The van der Waals surface area contributed by atoms with Crippen LogP contribution in [0, 0.1) is 5.92 Å². The molecule has 1 aliphatic heterocycles. The molecule has 0 amide bonds. The molecule has 2 aromatic carbocycles. The van der Waals surface area contributed by atoms with Crippen molar-refractivity contribution < 1.29 is 26.3 Å². The fraction of sp³-hybridized carbons (Fsp3) is 0.500. The third kappa shape index (κ3) is 5.62. The van der Waals surface area contributed by atoms with E-state index in [1.165, 1.54) is 24.3 Å². The molecule has 0 bridgehead atoms. The van der Waals surface area contributed by atoms with Crippen LogP contribution in [0.15, 0.2) is 48.5 Å². The van der Waals surface area contributed by atoms with Crippen molar-refractivity contribution in [2.45, 2.75) is 64.0 Å². The highest BCUT2D eigenvalue weighted by Gasteiger charge is 2.35. The predicted molar refractivity (Wildman–Crippen MR) is 108 cm³/mol. The molecule has 170 valence electrons. The Balaban J connectivity index is 1.93. The van der Waals surface area contributed by atoms with Crippen LogP contribution in [0.5, 0.6) is 0 Å². The highest BCUT2D eigenvalue weighted by molar-refractivity contribution is 5.30. The molecule has 0 N–H and O–H groups in total. The molecule has 0 saturated carbocycles. The van der Waals surface area contributed by atoms with Crippen LogP contribution in [0.25, 0.3) is 0 Å². The van der Waals surface area contributed by atoms with Crippen LogP contribution in [-0.4, -0.2) is 11.4 Å². The van der Waals surface area contributed by atoms with Crippen molar-refractivity contribution in [3.63, 3.8) is 0 Å². The van der Waals surface area contributed by atoms with Crippen LogP contribution < -0.4 is 0 Å². The third-order valence-electron chi connectivity index (χ3n) is 6.11. The Morgan fingerprint density at radius 1 is 0.871 bits per heavy atom. The number of benzene rings is 2. The second kappa shape index (κ2) is 9.23. The van der Waals surface area contributed by atoms with E-state index in [1.54, 1.807) is 0 Å². The van der Waals surface area contributed by atoms with E-state index in [0.717, 1.165) is 67.6 Å². The fourth-order valence-electron chi connectivity index (χ4n) is 4.45. The zero-order valence-electron chi connectivity index (χ0n) is 17.6. The summed E-state index contributed by atoms with van der Waals surface area (Å²) in [5.74, 6) is 0.415. The standard InChI is InChI=1S/C24H27F6N/c1-3-4-21(17-5-9-19(10-6-17)23(25,26)27)31-14-13-16(2)15-22(31)18-7-11-20(12-8-18)24(28,29)30/h5-12,16,21-22H,3-4,13-15H2,1-2H3/t16-,21?,22+/m0/s1. The normalized spacial score (nSPS) is 21.8. The number of alkyl halides is 6. The number of hydrogen-bond donors (Lipinski definition) is 0. The lowest BCUT2D eigenvalue weighted by molar-refractivity contribution is -0.138. The highest BCUT2D eigenvalue weighted by atomic mass is 19.4. The van der Waals surface area contributed by atoms with Gasteiger partial charge in [0.1, 0.15) is 0 Å². The first-order valence-electron chi connectivity index (χ1n) is 10.6. The molecule has 7 heteroatoms. The van der Waals surface area contributed by atoms with Crippen molar-refractivity contribution in [2.75, 3.05) is 6.54 Å². The monoisotopic (exact) mass is 443 g/mol. The lowest BCUT2D eigenvalue weighted by Crippen LogP contribution is -2.39. The number of nitrogens with zero attached hydrogens (tertiary/aromatic N) is 1. The Morgan fingerprint density at radius 3 is 1.87 bits per heavy atom. The summed E-state index contributed by atoms with van der Waals surface area (Å²) >= 11 is 0. The minimum absolute atomic E-state index is 0.0788. The van der Waals surface area contributed by atoms with Crippen molar-refractivity contribution >= 4 is 0 Å². The number of likely N-dealkylation sites (tertiary alicyclic amines) is 1. The molecule has 0 radical (unpaired) electrons. The molecule has 1 nitrogen and oxygen atoms in total. The Hall–Kier alpha value is -2.02. The lowest BCUT2D eigenvalue weighted by atomic mass is 9.85.